The Morgan fingerprint density at radius 1 is 1.33 bits per heavy atom. The average molecular weight is 253 g/mol. The zero-order valence-electron chi connectivity index (χ0n) is 12.3. The van der Waals surface area contributed by atoms with Crippen molar-refractivity contribution in [2.75, 3.05) is 13.2 Å². The van der Waals surface area contributed by atoms with Crippen molar-refractivity contribution in [2.24, 2.45) is 0 Å². The Labute approximate surface area is 111 Å². The fourth-order valence-corrected chi connectivity index (χ4v) is 2.04. The van der Waals surface area contributed by atoms with Crippen LogP contribution in [0.2, 0.25) is 0 Å². The van der Waals surface area contributed by atoms with Crippen LogP contribution in [0.4, 0.5) is 0 Å². The largest absolute Gasteiger partial charge is 0.377 e. The van der Waals surface area contributed by atoms with Gasteiger partial charge in [-0.2, -0.15) is 5.10 Å². The molecule has 4 heteroatoms. The second-order valence-electron chi connectivity index (χ2n) is 4.91. The molecule has 0 aromatic carbocycles. The van der Waals surface area contributed by atoms with Gasteiger partial charge in [-0.15, -0.1) is 0 Å². The lowest BCUT2D eigenvalue weighted by Gasteiger charge is -2.24. The SMILES string of the molecule is CCNC(Cc1ccn(C(C)C)n1)C(C)OCC. The van der Waals surface area contributed by atoms with E-state index in [9.17, 15) is 0 Å². The molecule has 0 aliphatic heterocycles. The first-order valence-corrected chi connectivity index (χ1v) is 6.97. The molecule has 18 heavy (non-hydrogen) atoms. The van der Waals surface area contributed by atoms with E-state index in [4.69, 9.17) is 4.74 Å². The molecular weight excluding hydrogens is 226 g/mol. The second kappa shape index (κ2) is 7.54. The van der Waals surface area contributed by atoms with E-state index in [1.807, 2.05) is 17.8 Å². The zero-order chi connectivity index (χ0) is 13.5. The van der Waals surface area contributed by atoms with Crippen molar-refractivity contribution >= 4 is 0 Å². The molecule has 0 spiro atoms. The number of nitrogens with zero attached hydrogens (tertiary/aromatic N) is 2. The summed E-state index contributed by atoms with van der Waals surface area (Å²) in [6.45, 7) is 12.3. The summed E-state index contributed by atoms with van der Waals surface area (Å²) in [4.78, 5) is 0. The summed E-state index contributed by atoms with van der Waals surface area (Å²) in [5, 5.41) is 8.08. The van der Waals surface area contributed by atoms with E-state index in [0.29, 0.717) is 12.1 Å². The van der Waals surface area contributed by atoms with Crippen LogP contribution in [0.3, 0.4) is 0 Å². The summed E-state index contributed by atoms with van der Waals surface area (Å²) in [5.74, 6) is 0. The van der Waals surface area contributed by atoms with Crippen LogP contribution in [0.25, 0.3) is 0 Å². The minimum Gasteiger partial charge on any atom is -0.377 e. The van der Waals surface area contributed by atoms with Gasteiger partial charge >= 0.3 is 0 Å². The Hall–Kier alpha value is -0.870. The molecule has 0 aliphatic carbocycles. The van der Waals surface area contributed by atoms with Crippen LogP contribution < -0.4 is 5.32 Å². The summed E-state index contributed by atoms with van der Waals surface area (Å²) < 4.78 is 7.69. The molecule has 1 aromatic rings. The third kappa shape index (κ3) is 4.42. The van der Waals surface area contributed by atoms with Crippen molar-refractivity contribution in [2.45, 2.75) is 59.2 Å². The molecule has 4 nitrogen and oxygen atoms in total. The Morgan fingerprint density at radius 2 is 2.06 bits per heavy atom. The van der Waals surface area contributed by atoms with Crippen molar-refractivity contribution in [3.8, 4) is 0 Å². The lowest BCUT2D eigenvalue weighted by Crippen LogP contribution is -2.41. The minimum atomic E-state index is 0.208. The molecule has 104 valence electrons. The van der Waals surface area contributed by atoms with Gasteiger partial charge in [0, 0.05) is 31.3 Å². The van der Waals surface area contributed by atoms with Gasteiger partial charge in [0.25, 0.3) is 0 Å². The van der Waals surface area contributed by atoms with Gasteiger partial charge in [-0.05, 0) is 40.3 Å². The first-order valence-electron chi connectivity index (χ1n) is 6.97. The number of hydrogen-bond acceptors (Lipinski definition) is 3. The normalized spacial score (nSPS) is 15.0. The van der Waals surface area contributed by atoms with Crippen molar-refractivity contribution in [1.29, 1.82) is 0 Å². The van der Waals surface area contributed by atoms with Crippen molar-refractivity contribution < 1.29 is 4.74 Å². The number of ether oxygens (including phenoxy) is 1. The number of aromatic nitrogens is 2. The molecule has 2 unspecified atom stereocenters. The summed E-state index contributed by atoms with van der Waals surface area (Å²) in [7, 11) is 0. The quantitative estimate of drug-likeness (QED) is 0.773. The van der Waals surface area contributed by atoms with Crippen LogP contribution in [0.15, 0.2) is 12.3 Å². The highest BCUT2D eigenvalue weighted by Gasteiger charge is 2.18. The molecule has 1 N–H and O–H groups in total. The average Bonchev–Trinajstić information content (AvgIpc) is 2.77. The molecule has 2 atom stereocenters. The Kier molecular flexibility index (Phi) is 6.36. The van der Waals surface area contributed by atoms with Gasteiger partial charge in [0.2, 0.25) is 0 Å². The standard InChI is InChI=1S/C14H27N3O/c1-6-15-14(12(5)18-7-2)10-13-8-9-17(16-13)11(3)4/h8-9,11-12,14-15H,6-7,10H2,1-5H3. The zero-order valence-corrected chi connectivity index (χ0v) is 12.3. The molecule has 1 aromatic heterocycles. The minimum absolute atomic E-state index is 0.208. The van der Waals surface area contributed by atoms with Gasteiger partial charge in [-0.3, -0.25) is 4.68 Å². The van der Waals surface area contributed by atoms with Crippen molar-refractivity contribution in [1.82, 2.24) is 15.1 Å². The Bertz CT molecular complexity index is 336. The van der Waals surface area contributed by atoms with Gasteiger partial charge in [-0.1, -0.05) is 6.92 Å². The lowest BCUT2D eigenvalue weighted by atomic mass is 10.1. The number of hydrogen-bond donors (Lipinski definition) is 1. The molecule has 0 fully saturated rings. The van der Waals surface area contributed by atoms with Gasteiger partial charge in [0.1, 0.15) is 0 Å². The maximum atomic E-state index is 5.69. The van der Waals surface area contributed by atoms with Gasteiger partial charge in [-0.25, -0.2) is 0 Å². The highest BCUT2D eigenvalue weighted by atomic mass is 16.5. The highest BCUT2D eigenvalue weighted by Crippen LogP contribution is 2.09. The topological polar surface area (TPSA) is 39.1 Å². The molecular formula is C14H27N3O. The van der Waals surface area contributed by atoms with E-state index >= 15 is 0 Å². The molecule has 1 heterocycles. The molecule has 0 saturated carbocycles. The number of nitrogens with one attached hydrogen (secondary N) is 1. The Balaban J connectivity index is 2.63. The predicted octanol–water partition coefficient (Wildman–Crippen LogP) is 2.41. The molecule has 1 rings (SSSR count). The van der Waals surface area contributed by atoms with Crippen LogP contribution in [0.5, 0.6) is 0 Å². The Morgan fingerprint density at radius 3 is 2.56 bits per heavy atom. The van der Waals surface area contributed by atoms with Gasteiger partial charge in [0.15, 0.2) is 0 Å². The maximum absolute atomic E-state index is 5.69. The lowest BCUT2D eigenvalue weighted by molar-refractivity contribution is 0.0477. The summed E-state index contributed by atoms with van der Waals surface area (Å²) in [6.07, 6.45) is 3.17. The maximum Gasteiger partial charge on any atom is 0.0703 e. The van der Waals surface area contributed by atoms with Crippen LogP contribution in [-0.4, -0.2) is 35.1 Å². The van der Waals surface area contributed by atoms with Gasteiger partial charge < -0.3 is 10.1 Å². The molecule has 0 amide bonds. The van der Waals surface area contributed by atoms with Crippen molar-refractivity contribution in [3.05, 3.63) is 18.0 Å². The van der Waals surface area contributed by atoms with E-state index in [0.717, 1.165) is 25.3 Å². The van der Waals surface area contributed by atoms with Crippen LogP contribution in [-0.2, 0) is 11.2 Å². The van der Waals surface area contributed by atoms with E-state index in [-0.39, 0.29) is 6.10 Å². The number of rotatable bonds is 8. The van der Waals surface area contributed by atoms with Crippen molar-refractivity contribution in [3.63, 3.8) is 0 Å². The third-order valence-electron chi connectivity index (χ3n) is 3.08. The fraction of sp³-hybridized carbons (Fsp3) is 0.786. The van der Waals surface area contributed by atoms with Gasteiger partial charge in [0.05, 0.1) is 11.8 Å². The highest BCUT2D eigenvalue weighted by molar-refractivity contribution is 5.03. The van der Waals surface area contributed by atoms with Crippen LogP contribution in [0, 0.1) is 0 Å². The van der Waals surface area contributed by atoms with E-state index in [1.54, 1.807) is 0 Å². The monoisotopic (exact) mass is 253 g/mol. The molecule has 0 aliphatic rings. The molecule has 0 saturated heterocycles. The second-order valence-corrected chi connectivity index (χ2v) is 4.91. The smallest absolute Gasteiger partial charge is 0.0703 e. The summed E-state index contributed by atoms with van der Waals surface area (Å²) >= 11 is 0. The third-order valence-corrected chi connectivity index (χ3v) is 3.08. The fourth-order valence-electron chi connectivity index (χ4n) is 2.04. The van der Waals surface area contributed by atoms with E-state index < -0.39 is 0 Å². The predicted molar refractivity (Wildman–Crippen MR) is 74.9 cm³/mol. The summed E-state index contributed by atoms with van der Waals surface area (Å²) in [6, 6.07) is 2.84. The number of likely N-dealkylation sites (N-methyl/N-ethyl adjacent to an activating group) is 1. The first kappa shape index (κ1) is 15.2. The van der Waals surface area contributed by atoms with Crippen LogP contribution >= 0.6 is 0 Å². The summed E-state index contributed by atoms with van der Waals surface area (Å²) in [5.41, 5.74) is 1.13. The van der Waals surface area contributed by atoms with E-state index in [1.165, 1.54) is 0 Å². The molecule has 0 radical (unpaired) electrons. The first-order chi connectivity index (χ1) is 8.58. The van der Waals surface area contributed by atoms with E-state index in [2.05, 4.69) is 44.2 Å². The molecule has 0 bridgehead atoms. The van der Waals surface area contributed by atoms with Crippen LogP contribution in [0.1, 0.15) is 46.4 Å².